The van der Waals surface area contributed by atoms with Crippen molar-refractivity contribution in [2.75, 3.05) is 16.8 Å². The normalized spacial score (nSPS) is 10.8. The van der Waals surface area contributed by atoms with Crippen LogP contribution in [0.1, 0.15) is 18.1 Å². The van der Waals surface area contributed by atoms with Crippen molar-refractivity contribution >= 4 is 38.5 Å². The Labute approximate surface area is 125 Å². The Morgan fingerprint density at radius 3 is 2.55 bits per heavy atom. The molecule has 1 aromatic heterocycles. The van der Waals surface area contributed by atoms with Crippen molar-refractivity contribution in [3.05, 3.63) is 39.7 Å². The molecule has 0 saturated heterocycles. The molecular formula is C15H16BrNO3. The standard InChI is InChI=1S/C15H16BrNO3/c1-4-17(14(18)8-16)12-7-13-11(5-10(12)3)9(2)6-15(19)20-13/h5-7H,4,8H2,1-3H3. The number of fused-ring (bicyclic) bond motifs is 1. The molecule has 0 radical (unpaired) electrons. The Balaban J connectivity index is 2.68. The first kappa shape index (κ1) is 14.8. The van der Waals surface area contributed by atoms with Crippen molar-refractivity contribution in [3.8, 4) is 0 Å². The van der Waals surface area contributed by atoms with Gasteiger partial charge in [-0.1, -0.05) is 15.9 Å². The molecule has 0 fully saturated rings. The number of carbonyl (C=O) groups is 1. The van der Waals surface area contributed by atoms with Gasteiger partial charge < -0.3 is 9.32 Å². The predicted octanol–water partition coefficient (Wildman–Crippen LogP) is 3.16. The maximum atomic E-state index is 12.0. The highest BCUT2D eigenvalue weighted by Crippen LogP contribution is 2.28. The van der Waals surface area contributed by atoms with Crippen LogP contribution in [0.5, 0.6) is 0 Å². The van der Waals surface area contributed by atoms with Crippen LogP contribution < -0.4 is 10.5 Å². The third-order valence-corrected chi connectivity index (χ3v) is 3.77. The van der Waals surface area contributed by atoms with Crippen LogP contribution in [0.25, 0.3) is 11.0 Å². The number of amides is 1. The van der Waals surface area contributed by atoms with Crippen LogP contribution in [-0.4, -0.2) is 17.8 Å². The minimum Gasteiger partial charge on any atom is -0.423 e. The van der Waals surface area contributed by atoms with Gasteiger partial charge >= 0.3 is 5.63 Å². The summed E-state index contributed by atoms with van der Waals surface area (Å²) in [6, 6.07) is 5.19. The fourth-order valence-electron chi connectivity index (χ4n) is 2.31. The highest BCUT2D eigenvalue weighted by atomic mass is 79.9. The average molecular weight is 338 g/mol. The zero-order chi connectivity index (χ0) is 14.9. The first-order valence-electron chi connectivity index (χ1n) is 6.39. The number of halogens is 1. The number of alkyl halides is 1. The summed E-state index contributed by atoms with van der Waals surface area (Å²) >= 11 is 3.19. The second-order valence-electron chi connectivity index (χ2n) is 4.65. The molecule has 2 rings (SSSR count). The summed E-state index contributed by atoms with van der Waals surface area (Å²) in [5, 5.41) is 1.16. The molecule has 1 heterocycles. The molecule has 0 atom stereocenters. The molecule has 0 unspecified atom stereocenters. The van der Waals surface area contributed by atoms with E-state index in [1.807, 2.05) is 26.8 Å². The van der Waals surface area contributed by atoms with Crippen LogP contribution >= 0.6 is 15.9 Å². The molecule has 0 saturated carbocycles. The molecule has 4 nitrogen and oxygen atoms in total. The van der Waals surface area contributed by atoms with Crippen molar-refractivity contribution in [2.24, 2.45) is 0 Å². The zero-order valence-corrected chi connectivity index (χ0v) is 13.3. The van der Waals surface area contributed by atoms with Crippen LogP contribution in [0.15, 0.2) is 27.4 Å². The Morgan fingerprint density at radius 1 is 1.25 bits per heavy atom. The highest BCUT2D eigenvalue weighted by Gasteiger charge is 2.16. The lowest BCUT2D eigenvalue weighted by atomic mass is 10.1. The van der Waals surface area contributed by atoms with Gasteiger partial charge in [0.1, 0.15) is 5.58 Å². The smallest absolute Gasteiger partial charge is 0.336 e. The summed E-state index contributed by atoms with van der Waals surface area (Å²) in [6.45, 7) is 6.30. The van der Waals surface area contributed by atoms with Crippen LogP contribution in [0, 0.1) is 13.8 Å². The molecule has 5 heteroatoms. The Hall–Kier alpha value is -1.62. The molecule has 1 aromatic carbocycles. The Kier molecular flexibility index (Phi) is 4.28. The monoisotopic (exact) mass is 337 g/mol. The quantitative estimate of drug-likeness (QED) is 0.638. The van der Waals surface area contributed by atoms with Crippen LogP contribution in [0.4, 0.5) is 5.69 Å². The maximum Gasteiger partial charge on any atom is 0.336 e. The summed E-state index contributed by atoms with van der Waals surface area (Å²) in [6.07, 6.45) is 0. The van der Waals surface area contributed by atoms with E-state index in [1.165, 1.54) is 6.07 Å². The molecule has 0 N–H and O–H groups in total. The number of anilines is 1. The zero-order valence-electron chi connectivity index (χ0n) is 11.7. The van der Waals surface area contributed by atoms with Crippen molar-refractivity contribution in [3.63, 3.8) is 0 Å². The maximum absolute atomic E-state index is 12.0. The SMILES string of the molecule is CCN(C(=O)CBr)c1cc2oc(=O)cc(C)c2cc1C. The van der Waals surface area contributed by atoms with Gasteiger partial charge in [0.25, 0.3) is 0 Å². The largest absolute Gasteiger partial charge is 0.423 e. The van der Waals surface area contributed by atoms with Crippen LogP contribution in [0.2, 0.25) is 0 Å². The summed E-state index contributed by atoms with van der Waals surface area (Å²) in [5.41, 5.74) is 2.76. The fourth-order valence-corrected chi connectivity index (χ4v) is 2.61. The molecule has 0 bridgehead atoms. The van der Waals surface area contributed by atoms with E-state index in [1.54, 1.807) is 11.0 Å². The average Bonchev–Trinajstić information content (AvgIpc) is 2.40. The van der Waals surface area contributed by atoms with Crippen molar-refractivity contribution in [1.29, 1.82) is 0 Å². The molecule has 106 valence electrons. The molecule has 20 heavy (non-hydrogen) atoms. The molecular weight excluding hydrogens is 322 g/mol. The summed E-state index contributed by atoms with van der Waals surface area (Å²) in [4.78, 5) is 25.1. The molecule has 0 spiro atoms. The Morgan fingerprint density at radius 2 is 1.95 bits per heavy atom. The number of nitrogens with zero attached hydrogens (tertiary/aromatic N) is 1. The van der Waals surface area contributed by atoms with Gasteiger partial charge in [0, 0.05) is 24.1 Å². The highest BCUT2D eigenvalue weighted by molar-refractivity contribution is 9.09. The van der Waals surface area contributed by atoms with Gasteiger partial charge in [0.05, 0.1) is 11.0 Å². The first-order valence-corrected chi connectivity index (χ1v) is 7.51. The van der Waals surface area contributed by atoms with Gasteiger partial charge in [0.15, 0.2) is 0 Å². The number of hydrogen-bond donors (Lipinski definition) is 0. The number of rotatable bonds is 3. The summed E-state index contributed by atoms with van der Waals surface area (Å²) < 4.78 is 5.24. The van der Waals surface area contributed by atoms with Gasteiger partial charge in [0.2, 0.25) is 5.91 Å². The lowest BCUT2D eigenvalue weighted by Gasteiger charge is -2.22. The fraction of sp³-hybridized carbons (Fsp3) is 0.333. The van der Waals surface area contributed by atoms with E-state index >= 15 is 0 Å². The lowest BCUT2D eigenvalue weighted by molar-refractivity contribution is -0.116. The van der Waals surface area contributed by atoms with Crippen LogP contribution in [-0.2, 0) is 4.79 Å². The molecule has 0 aliphatic rings. The molecule has 0 aliphatic heterocycles. The predicted molar refractivity (Wildman–Crippen MR) is 83.8 cm³/mol. The molecule has 0 aliphatic carbocycles. The molecule has 2 aromatic rings. The Bertz CT molecular complexity index is 721. The minimum absolute atomic E-state index is 0.0232. The minimum atomic E-state index is -0.375. The number of benzene rings is 1. The van der Waals surface area contributed by atoms with E-state index in [2.05, 4.69) is 15.9 Å². The van der Waals surface area contributed by atoms with E-state index in [4.69, 9.17) is 4.42 Å². The third kappa shape index (κ3) is 2.63. The number of hydrogen-bond acceptors (Lipinski definition) is 3. The first-order chi connectivity index (χ1) is 9.47. The van der Waals surface area contributed by atoms with E-state index in [0.29, 0.717) is 12.1 Å². The number of carbonyl (C=O) groups excluding carboxylic acids is 1. The van der Waals surface area contributed by atoms with Crippen molar-refractivity contribution in [1.82, 2.24) is 0 Å². The van der Waals surface area contributed by atoms with E-state index < -0.39 is 0 Å². The van der Waals surface area contributed by atoms with Gasteiger partial charge in [-0.05, 0) is 38.0 Å². The van der Waals surface area contributed by atoms with Crippen LogP contribution in [0.3, 0.4) is 0 Å². The van der Waals surface area contributed by atoms with Gasteiger partial charge in [-0.15, -0.1) is 0 Å². The number of aryl methyl sites for hydroxylation is 2. The van der Waals surface area contributed by atoms with Gasteiger partial charge in [-0.25, -0.2) is 4.79 Å². The lowest BCUT2D eigenvalue weighted by Crippen LogP contribution is -2.32. The summed E-state index contributed by atoms with van der Waals surface area (Å²) in [7, 11) is 0. The summed E-state index contributed by atoms with van der Waals surface area (Å²) in [5.74, 6) is -0.0232. The molecule has 1 amide bonds. The second-order valence-corrected chi connectivity index (χ2v) is 5.22. The van der Waals surface area contributed by atoms with E-state index in [0.717, 1.165) is 22.2 Å². The van der Waals surface area contributed by atoms with Gasteiger partial charge in [-0.2, -0.15) is 0 Å². The van der Waals surface area contributed by atoms with E-state index in [9.17, 15) is 9.59 Å². The van der Waals surface area contributed by atoms with E-state index in [-0.39, 0.29) is 16.9 Å². The van der Waals surface area contributed by atoms with Crippen molar-refractivity contribution < 1.29 is 9.21 Å². The van der Waals surface area contributed by atoms with Crippen molar-refractivity contribution in [2.45, 2.75) is 20.8 Å². The topological polar surface area (TPSA) is 50.5 Å². The van der Waals surface area contributed by atoms with Gasteiger partial charge in [-0.3, -0.25) is 4.79 Å². The third-order valence-electron chi connectivity index (χ3n) is 3.29. The second kappa shape index (κ2) is 5.79.